The lowest BCUT2D eigenvalue weighted by Crippen LogP contribution is -1.85. The van der Waals surface area contributed by atoms with Gasteiger partial charge in [0.1, 0.15) is 6.26 Å². The minimum Gasteiger partial charge on any atom is -0.274 e. The highest BCUT2D eigenvalue weighted by molar-refractivity contribution is 4.71. The van der Waals surface area contributed by atoms with Crippen molar-refractivity contribution in [2.75, 3.05) is 6.54 Å². The predicted molar refractivity (Wildman–Crippen MR) is 62.6 cm³/mol. The van der Waals surface area contributed by atoms with E-state index in [1.807, 2.05) is 6.08 Å². The van der Waals surface area contributed by atoms with Gasteiger partial charge in [0.2, 0.25) is 0 Å². The highest BCUT2D eigenvalue weighted by Crippen LogP contribution is 2.10. The Hall–Kier alpha value is -1.06. The monoisotopic (exact) mass is 226 g/mol. The van der Waals surface area contributed by atoms with Crippen LogP contribution >= 0.6 is 0 Å². The Labute approximate surface area is 97.6 Å². The van der Waals surface area contributed by atoms with Crippen molar-refractivity contribution in [3.8, 4) is 0 Å². The van der Waals surface area contributed by atoms with Crippen molar-refractivity contribution in [3.63, 3.8) is 0 Å². The quantitative estimate of drug-likeness (QED) is 0.576. The van der Waals surface area contributed by atoms with Gasteiger partial charge in [0.15, 0.2) is 0 Å². The zero-order valence-corrected chi connectivity index (χ0v) is 9.94. The topological polar surface area (TPSA) is 43.2 Å². The fourth-order valence-corrected chi connectivity index (χ4v) is 1.72. The van der Waals surface area contributed by atoms with E-state index in [0.717, 1.165) is 19.4 Å². The molecule has 0 spiro atoms. The summed E-state index contributed by atoms with van der Waals surface area (Å²) in [6, 6.07) is 0. The summed E-state index contributed by atoms with van der Waals surface area (Å²) in [5, 5.41) is 7.30. The van der Waals surface area contributed by atoms with Crippen LogP contribution in [-0.4, -0.2) is 6.54 Å². The molecule has 0 aromatic rings. The third-order valence-electron chi connectivity index (χ3n) is 2.66. The van der Waals surface area contributed by atoms with Crippen LogP contribution in [0.25, 0.3) is 0 Å². The van der Waals surface area contributed by atoms with Crippen molar-refractivity contribution < 1.29 is 9.88 Å². The number of rotatable bonds is 0. The molecule has 0 fully saturated rings. The smallest absolute Gasteiger partial charge is 0.141 e. The SMILES string of the molecule is C1=COON=NCCCCCCCCCC1. The normalized spacial score (nSPS) is 21.0. The number of nitrogens with zero attached hydrogens (tertiary/aromatic N) is 2. The summed E-state index contributed by atoms with van der Waals surface area (Å²) in [6.07, 6.45) is 14.8. The maximum Gasteiger partial charge on any atom is 0.141 e. The number of hydrogen-bond acceptors (Lipinski definition) is 4. The first-order valence-corrected chi connectivity index (χ1v) is 6.34. The average molecular weight is 226 g/mol. The van der Waals surface area contributed by atoms with Crippen LogP contribution in [-0.2, 0) is 9.88 Å². The highest BCUT2D eigenvalue weighted by atomic mass is 17.3. The summed E-state index contributed by atoms with van der Waals surface area (Å²) >= 11 is 0. The zero-order valence-electron chi connectivity index (χ0n) is 9.94. The van der Waals surface area contributed by atoms with Crippen LogP contribution in [0.3, 0.4) is 0 Å². The minimum absolute atomic E-state index is 0.729. The molecular formula is C12H22N2O2. The Balaban J connectivity index is 2.14. The Morgan fingerprint density at radius 2 is 1.50 bits per heavy atom. The molecule has 1 aliphatic rings. The summed E-state index contributed by atoms with van der Waals surface area (Å²) in [5.41, 5.74) is 0. The van der Waals surface area contributed by atoms with E-state index in [9.17, 15) is 0 Å². The standard InChI is InChI=1S/C12H22N2O2/c1-2-4-6-8-10-12-15-16-14-13-11-9-7-5-3-1/h10,12H,1-9,11H2. The minimum atomic E-state index is 0.729. The first kappa shape index (κ1) is 13.0. The van der Waals surface area contributed by atoms with E-state index in [2.05, 4.69) is 15.4 Å². The van der Waals surface area contributed by atoms with Crippen LogP contribution in [0, 0.1) is 0 Å². The van der Waals surface area contributed by atoms with Crippen molar-refractivity contribution in [3.05, 3.63) is 12.3 Å². The van der Waals surface area contributed by atoms with E-state index in [1.165, 1.54) is 51.2 Å². The first-order chi connectivity index (χ1) is 8.00. The molecule has 0 N–H and O–H groups in total. The van der Waals surface area contributed by atoms with Gasteiger partial charge in [0, 0.05) is 0 Å². The Morgan fingerprint density at radius 3 is 2.31 bits per heavy atom. The Bertz CT molecular complexity index is 183. The molecule has 0 bridgehead atoms. The molecule has 16 heavy (non-hydrogen) atoms. The molecule has 4 nitrogen and oxygen atoms in total. The lowest BCUT2D eigenvalue weighted by atomic mass is 10.1. The van der Waals surface area contributed by atoms with Gasteiger partial charge in [-0.25, -0.2) is 0 Å². The first-order valence-electron chi connectivity index (χ1n) is 6.34. The molecule has 1 aliphatic heterocycles. The number of hydrogen-bond donors (Lipinski definition) is 0. The van der Waals surface area contributed by atoms with Gasteiger partial charge in [-0.1, -0.05) is 38.5 Å². The van der Waals surface area contributed by atoms with Crippen LogP contribution in [0.2, 0.25) is 0 Å². The zero-order chi connectivity index (χ0) is 11.3. The second-order valence-electron chi connectivity index (χ2n) is 4.11. The van der Waals surface area contributed by atoms with Crippen molar-refractivity contribution >= 4 is 0 Å². The van der Waals surface area contributed by atoms with Crippen LogP contribution < -0.4 is 0 Å². The van der Waals surface area contributed by atoms with E-state index in [-0.39, 0.29) is 0 Å². The van der Waals surface area contributed by atoms with Gasteiger partial charge in [-0.3, -0.25) is 4.89 Å². The van der Waals surface area contributed by atoms with Gasteiger partial charge in [0.25, 0.3) is 0 Å². The van der Waals surface area contributed by atoms with E-state index < -0.39 is 0 Å². The van der Waals surface area contributed by atoms with Crippen molar-refractivity contribution in [2.45, 2.75) is 57.8 Å². The molecule has 0 aromatic carbocycles. The average Bonchev–Trinajstić information content (AvgIpc) is 2.29. The molecule has 1 heterocycles. The molecule has 0 saturated heterocycles. The van der Waals surface area contributed by atoms with Gasteiger partial charge < -0.3 is 0 Å². The van der Waals surface area contributed by atoms with E-state index in [1.54, 1.807) is 0 Å². The predicted octanol–water partition coefficient (Wildman–Crippen LogP) is 4.34. The van der Waals surface area contributed by atoms with E-state index in [4.69, 9.17) is 4.89 Å². The maximum absolute atomic E-state index is 4.69. The second-order valence-corrected chi connectivity index (χ2v) is 4.11. The van der Waals surface area contributed by atoms with Crippen molar-refractivity contribution in [1.82, 2.24) is 0 Å². The highest BCUT2D eigenvalue weighted by Gasteiger charge is 1.92. The third-order valence-corrected chi connectivity index (χ3v) is 2.66. The summed E-state index contributed by atoms with van der Waals surface area (Å²) in [6.45, 7) is 0.729. The van der Waals surface area contributed by atoms with E-state index >= 15 is 0 Å². The summed E-state index contributed by atoms with van der Waals surface area (Å²) in [4.78, 5) is 9.20. The summed E-state index contributed by atoms with van der Waals surface area (Å²) in [7, 11) is 0. The molecule has 0 saturated carbocycles. The van der Waals surface area contributed by atoms with Crippen molar-refractivity contribution in [2.24, 2.45) is 10.4 Å². The Morgan fingerprint density at radius 1 is 0.812 bits per heavy atom. The molecule has 0 aromatic heterocycles. The van der Waals surface area contributed by atoms with Crippen molar-refractivity contribution in [1.29, 1.82) is 0 Å². The molecular weight excluding hydrogens is 204 g/mol. The molecule has 0 radical (unpaired) electrons. The number of allylic oxidation sites excluding steroid dienone is 1. The van der Waals surface area contributed by atoms with Gasteiger partial charge in [-0.2, -0.15) is 0 Å². The molecule has 0 atom stereocenters. The van der Waals surface area contributed by atoms with Gasteiger partial charge >= 0.3 is 0 Å². The van der Waals surface area contributed by atoms with Gasteiger partial charge in [-0.15, -0.1) is 10.1 Å². The molecule has 4 heteroatoms. The Kier molecular flexibility index (Phi) is 8.50. The molecule has 0 aliphatic carbocycles. The van der Waals surface area contributed by atoms with Gasteiger partial charge in [0.05, 0.1) is 11.8 Å². The van der Waals surface area contributed by atoms with Crippen LogP contribution in [0.15, 0.2) is 22.7 Å². The second kappa shape index (κ2) is 10.5. The summed E-state index contributed by atoms with van der Waals surface area (Å²) in [5.74, 6) is 0. The maximum atomic E-state index is 4.69. The van der Waals surface area contributed by atoms with Gasteiger partial charge in [-0.05, 0) is 25.3 Å². The lowest BCUT2D eigenvalue weighted by Gasteiger charge is -2.01. The molecule has 0 unspecified atom stereocenters. The largest absolute Gasteiger partial charge is 0.274 e. The fourth-order valence-electron chi connectivity index (χ4n) is 1.72. The molecule has 92 valence electrons. The van der Waals surface area contributed by atoms with Crippen LogP contribution in [0.5, 0.6) is 0 Å². The summed E-state index contributed by atoms with van der Waals surface area (Å²) < 4.78 is 0. The fraction of sp³-hybridized carbons (Fsp3) is 0.833. The molecule has 1 rings (SSSR count). The van der Waals surface area contributed by atoms with Crippen LogP contribution in [0.1, 0.15) is 57.8 Å². The van der Waals surface area contributed by atoms with Crippen LogP contribution in [0.4, 0.5) is 0 Å². The third kappa shape index (κ3) is 8.26. The molecule has 0 amide bonds. The van der Waals surface area contributed by atoms with E-state index in [0.29, 0.717) is 0 Å². The lowest BCUT2D eigenvalue weighted by molar-refractivity contribution is -0.257.